The van der Waals surface area contributed by atoms with Gasteiger partial charge in [0.15, 0.2) is 0 Å². The molecule has 0 bridgehead atoms. The summed E-state index contributed by atoms with van der Waals surface area (Å²) in [6.45, 7) is 9.13. The Kier molecular flexibility index (Phi) is 4.64. The monoisotopic (exact) mass is 254 g/mol. The molecule has 4 heteroatoms. The van der Waals surface area contributed by atoms with Crippen LogP contribution in [0.5, 0.6) is 0 Å². The van der Waals surface area contributed by atoms with E-state index in [4.69, 9.17) is 5.73 Å². The molecule has 2 heterocycles. The lowest BCUT2D eigenvalue weighted by molar-refractivity contribution is 0.0413. The average molecular weight is 254 g/mol. The van der Waals surface area contributed by atoms with E-state index in [1.165, 1.54) is 52.0 Å². The standard InChI is InChI=1S/C14H30N4/c1-4-17-9-6-14(12-15,7-10-17)18-8-5-13(11-18)16(2)3/h13H,4-12,15H2,1-3H3. The van der Waals surface area contributed by atoms with Gasteiger partial charge in [0.25, 0.3) is 0 Å². The second-order valence-electron chi connectivity index (χ2n) is 6.21. The maximum Gasteiger partial charge on any atom is 0.0356 e. The molecule has 4 nitrogen and oxygen atoms in total. The molecular formula is C14H30N4. The van der Waals surface area contributed by atoms with E-state index < -0.39 is 0 Å². The lowest BCUT2D eigenvalue weighted by Crippen LogP contribution is -2.59. The summed E-state index contributed by atoms with van der Waals surface area (Å²) in [5.41, 5.74) is 6.44. The van der Waals surface area contributed by atoms with Gasteiger partial charge in [-0.25, -0.2) is 0 Å². The van der Waals surface area contributed by atoms with Crippen LogP contribution in [0.1, 0.15) is 26.2 Å². The summed E-state index contributed by atoms with van der Waals surface area (Å²) in [5, 5.41) is 0. The molecule has 2 saturated heterocycles. The van der Waals surface area contributed by atoms with Crippen molar-refractivity contribution in [2.24, 2.45) is 5.73 Å². The molecule has 0 spiro atoms. The van der Waals surface area contributed by atoms with Crippen molar-refractivity contribution in [3.05, 3.63) is 0 Å². The summed E-state index contributed by atoms with van der Waals surface area (Å²) in [7, 11) is 4.39. The second-order valence-corrected chi connectivity index (χ2v) is 6.21. The number of rotatable bonds is 4. The molecule has 18 heavy (non-hydrogen) atoms. The highest BCUT2D eigenvalue weighted by atomic mass is 15.3. The maximum absolute atomic E-state index is 6.15. The molecule has 0 aromatic carbocycles. The van der Waals surface area contributed by atoms with E-state index in [0.29, 0.717) is 0 Å². The van der Waals surface area contributed by atoms with E-state index in [9.17, 15) is 0 Å². The molecule has 2 aliphatic heterocycles. The molecule has 1 atom stereocenters. The Hall–Kier alpha value is -0.160. The van der Waals surface area contributed by atoms with Gasteiger partial charge in [0, 0.05) is 31.2 Å². The van der Waals surface area contributed by atoms with Crippen LogP contribution >= 0.6 is 0 Å². The number of likely N-dealkylation sites (N-methyl/N-ethyl adjacent to an activating group) is 1. The van der Waals surface area contributed by atoms with Crippen molar-refractivity contribution >= 4 is 0 Å². The van der Waals surface area contributed by atoms with E-state index in [2.05, 4.69) is 35.7 Å². The third-order valence-electron chi connectivity index (χ3n) is 5.18. The van der Waals surface area contributed by atoms with Crippen molar-refractivity contribution < 1.29 is 0 Å². The summed E-state index contributed by atoms with van der Waals surface area (Å²) < 4.78 is 0. The SMILES string of the molecule is CCN1CCC(CN)(N2CCC(N(C)C)C2)CC1. The van der Waals surface area contributed by atoms with E-state index in [-0.39, 0.29) is 5.54 Å². The number of hydrogen-bond donors (Lipinski definition) is 1. The lowest BCUT2D eigenvalue weighted by Gasteiger charge is -2.47. The van der Waals surface area contributed by atoms with Crippen LogP contribution in [0.15, 0.2) is 0 Å². The third kappa shape index (κ3) is 2.72. The summed E-state index contributed by atoms with van der Waals surface area (Å²) >= 11 is 0. The Morgan fingerprint density at radius 3 is 2.33 bits per heavy atom. The van der Waals surface area contributed by atoms with Crippen LogP contribution in [0.2, 0.25) is 0 Å². The molecule has 1 unspecified atom stereocenters. The Balaban J connectivity index is 1.97. The summed E-state index contributed by atoms with van der Waals surface area (Å²) in [4.78, 5) is 7.60. The predicted octanol–water partition coefficient (Wildman–Crippen LogP) is 0.436. The third-order valence-corrected chi connectivity index (χ3v) is 5.18. The molecule has 106 valence electrons. The summed E-state index contributed by atoms with van der Waals surface area (Å²) in [6.07, 6.45) is 3.79. The Labute approximate surface area is 112 Å². The van der Waals surface area contributed by atoms with Gasteiger partial charge < -0.3 is 15.5 Å². The van der Waals surface area contributed by atoms with Gasteiger partial charge in [-0.2, -0.15) is 0 Å². The fourth-order valence-electron chi connectivity index (χ4n) is 3.53. The quantitative estimate of drug-likeness (QED) is 0.789. The minimum Gasteiger partial charge on any atom is -0.329 e. The topological polar surface area (TPSA) is 35.7 Å². The van der Waals surface area contributed by atoms with Crippen LogP contribution in [-0.4, -0.2) is 79.6 Å². The molecule has 2 N–H and O–H groups in total. The highest BCUT2D eigenvalue weighted by Gasteiger charge is 2.41. The first-order chi connectivity index (χ1) is 8.61. The van der Waals surface area contributed by atoms with Crippen LogP contribution < -0.4 is 5.73 Å². The highest BCUT2D eigenvalue weighted by molar-refractivity contribution is 5.00. The van der Waals surface area contributed by atoms with Gasteiger partial charge in [-0.1, -0.05) is 6.92 Å². The van der Waals surface area contributed by atoms with Crippen LogP contribution in [0.25, 0.3) is 0 Å². The van der Waals surface area contributed by atoms with Crippen molar-refractivity contribution in [2.75, 3.05) is 53.4 Å². The molecule has 0 aromatic heterocycles. The number of likely N-dealkylation sites (tertiary alicyclic amines) is 2. The Bertz CT molecular complexity index is 259. The molecule has 0 aromatic rings. The fourth-order valence-corrected chi connectivity index (χ4v) is 3.53. The first-order valence-corrected chi connectivity index (χ1v) is 7.45. The van der Waals surface area contributed by atoms with Crippen molar-refractivity contribution in [2.45, 2.75) is 37.8 Å². The number of piperidine rings is 1. The zero-order valence-corrected chi connectivity index (χ0v) is 12.4. The van der Waals surface area contributed by atoms with E-state index in [1.54, 1.807) is 0 Å². The van der Waals surface area contributed by atoms with Crippen LogP contribution in [0, 0.1) is 0 Å². The molecule has 0 radical (unpaired) electrons. The van der Waals surface area contributed by atoms with E-state index in [1.807, 2.05) is 0 Å². The van der Waals surface area contributed by atoms with Crippen molar-refractivity contribution in [1.29, 1.82) is 0 Å². The lowest BCUT2D eigenvalue weighted by atomic mass is 9.86. The van der Waals surface area contributed by atoms with Crippen molar-refractivity contribution in [3.8, 4) is 0 Å². The van der Waals surface area contributed by atoms with Gasteiger partial charge in [-0.05, 0) is 53.0 Å². The fraction of sp³-hybridized carbons (Fsp3) is 1.00. The first-order valence-electron chi connectivity index (χ1n) is 7.45. The highest BCUT2D eigenvalue weighted by Crippen LogP contribution is 2.31. The minimum absolute atomic E-state index is 0.288. The molecule has 2 fully saturated rings. The van der Waals surface area contributed by atoms with Crippen LogP contribution in [-0.2, 0) is 0 Å². The smallest absolute Gasteiger partial charge is 0.0356 e. The van der Waals surface area contributed by atoms with Gasteiger partial charge in [-0.3, -0.25) is 4.90 Å². The molecule has 2 rings (SSSR count). The van der Waals surface area contributed by atoms with Gasteiger partial charge in [0.1, 0.15) is 0 Å². The second kappa shape index (κ2) is 5.87. The molecule has 0 saturated carbocycles. The molecule has 0 aliphatic carbocycles. The summed E-state index contributed by atoms with van der Waals surface area (Å²) in [6, 6.07) is 0.720. The van der Waals surface area contributed by atoms with Crippen molar-refractivity contribution in [1.82, 2.24) is 14.7 Å². The Morgan fingerprint density at radius 2 is 1.89 bits per heavy atom. The van der Waals surface area contributed by atoms with Gasteiger partial charge in [-0.15, -0.1) is 0 Å². The average Bonchev–Trinajstić information content (AvgIpc) is 2.89. The zero-order chi connectivity index (χ0) is 13.2. The molecule has 0 amide bonds. The zero-order valence-electron chi connectivity index (χ0n) is 12.4. The molecule has 2 aliphatic rings. The Morgan fingerprint density at radius 1 is 1.22 bits per heavy atom. The number of hydrogen-bond acceptors (Lipinski definition) is 4. The molecular weight excluding hydrogens is 224 g/mol. The van der Waals surface area contributed by atoms with Crippen molar-refractivity contribution in [3.63, 3.8) is 0 Å². The van der Waals surface area contributed by atoms with E-state index >= 15 is 0 Å². The van der Waals surface area contributed by atoms with E-state index in [0.717, 1.165) is 12.6 Å². The largest absolute Gasteiger partial charge is 0.329 e. The summed E-state index contributed by atoms with van der Waals surface area (Å²) in [5.74, 6) is 0. The maximum atomic E-state index is 6.15. The predicted molar refractivity (Wildman–Crippen MR) is 76.8 cm³/mol. The van der Waals surface area contributed by atoms with Gasteiger partial charge in [0.05, 0.1) is 0 Å². The normalized spacial score (nSPS) is 30.2. The number of nitrogens with zero attached hydrogens (tertiary/aromatic N) is 3. The van der Waals surface area contributed by atoms with Gasteiger partial charge in [0.2, 0.25) is 0 Å². The number of nitrogens with two attached hydrogens (primary N) is 1. The van der Waals surface area contributed by atoms with Gasteiger partial charge >= 0.3 is 0 Å². The van der Waals surface area contributed by atoms with Crippen LogP contribution in [0.4, 0.5) is 0 Å². The van der Waals surface area contributed by atoms with Crippen LogP contribution in [0.3, 0.4) is 0 Å². The minimum atomic E-state index is 0.288. The first kappa shape index (κ1) is 14.3.